The fraction of sp³-hybridized carbons (Fsp3) is 0.188. The maximum Gasteiger partial charge on any atom is 0.337 e. The normalized spacial score (nSPS) is 10.6. The highest BCUT2D eigenvalue weighted by Crippen LogP contribution is 2.23. The number of aromatic nitrogens is 4. The van der Waals surface area contributed by atoms with Crippen molar-refractivity contribution in [2.24, 2.45) is 0 Å². The lowest BCUT2D eigenvalue weighted by Crippen LogP contribution is -2.07. The highest BCUT2D eigenvalue weighted by Gasteiger charge is 2.12. The molecule has 0 saturated heterocycles. The Balaban J connectivity index is 1.87. The van der Waals surface area contributed by atoms with Gasteiger partial charge in [0.15, 0.2) is 0 Å². The maximum absolute atomic E-state index is 5.93. The Morgan fingerprint density at radius 3 is 2.28 bits per heavy atom. The number of rotatable bonds is 6. The molecule has 3 aromatic rings. The molecule has 0 unspecified atom stereocenters. The minimum Gasteiger partial charge on any atom is -0.497 e. The average molecular weight is 380 g/mol. The van der Waals surface area contributed by atoms with Gasteiger partial charge in [-0.1, -0.05) is 35.3 Å². The summed E-state index contributed by atoms with van der Waals surface area (Å²) in [6.07, 6.45) is 0. The van der Waals surface area contributed by atoms with Crippen LogP contribution < -0.4 is 14.8 Å². The lowest BCUT2D eigenvalue weighted by Gasteiger charge is -2.09. The summed E-state index contributed by atoms with van der Waals surface area (Å²) in [7, 11) is 3.14. The van der Waals surface area contributed by atoms with Gasteiger partial charge in [0.05, 0.1) is 20.8 Å². The molecule has 0 atom stereocenters. The second kappa shape index (κ2) is 7.58. The van der Waals surface area contributed by atoms with Gasteiger partial charge in [0, 0.05) is 5.69 Å². The van der Waals surface area contributed by atoms with E-state index < -0.39 is 0 Å². The topological polar surface area (TPSA) is 74.1 Å². The van der Waals surface area contributed by atoms with Gasteiger partial charge < -0.3 is 14.8 Å². The van der Waals surface area contributed by atoms with E-state index >= 15 is 0 Å². The SMILES string of the molecule is COc1ccc(Cn2nc(OC)nc2Nc2cc(Cl)nc(Cl)c2)cc1. The summed E-state index contributed by atoms with van der Waals surface area (Å²) in [5.41, 5.74) is 1.68. The Bertz CT molecular complexity index is 847. The monoisotopic (exact) mass is 379 g/mol. The van der Waals surface area contributed by atoms with E-state index in [-0.39, 0.29) is 16.3 Å². The summed E-state index contributed by atoms with van der Waals surface area (Å²) >= 11 is 11.9. The van der Waals surface area contributed by atoms with Crippen molar-refractivity contribution in [1.29, 1.82) is 0 Å². The minimum absolute atomic E-state index is 0.252. The zero-order chi connectivity index (χ0) is 17.8. The number of benzene rings is 1. The van der Waals surface area contributed by atoms with E-state index in [1.54, 1.807) is 23.9 Å². The predicted molar refractivity (Wildman–Crippen MR) is 96.2 cm³/mol. The van der Waals surface area contributed by atoms with Gasteiger partial charge >= 0.3 is 6.01 Å². The fourth-order valence-electron chi connectivity index (χ4n) is 2.18. The summed E-state index contributed by atoms with van der Waals surface area (Å²) < 4.78 is 12.0. The maximum atomic E-state index is 5.93. The third-order valence-electron chi connectivity index (χ3n) is 3.35. The Hall–Kier alpha value is -2.51. The summed E-state index contributed by atoms with van der Waals surface area (Å²) in [6.45, 7) is 0.495. The van der Waals surface area contributed by atoms with Crippen molar-refractivity contribution in [3.05, 3.63) is 52.3 Å². The molecular weight excluding hydrogens is 365 g/mol. The summed E-state index contributed by atoms with van der Waals surface area (Å²) in [5, 5.41) is 8.00. The van der Waals surface area contributed by atoms with Crippen LogP contribution >= 0.6 is 23.2 Å². The van der Waals surface area contributed by atoms with Crippen molar-refractivity contribution in [3.8, 4) is 11.8 Å². The number of ether oxygens (including phenoxy) is 2. The zero-order valence-corrected chi connectivity index (χ0v) is 15.0. The smallest absolute Gasteiger partial charge is 0.337 e. The zero-order valence-electron chi connectivity index (χ0n) is 13.5. The standard InChI is InChI=1S/C16H15Cl2N5O2/c1-24-12-5-3-10(4-6-12)9-23-15(21-16(22-23)25-2)19-11-7-13(17)20-14(18)8-11/h3-8H,9H2,1-2H3,(H,19,20,21,22). The fourth-order valence-corrected chi connectivity index (χ4v) is 2.64. The Kier molecular flexibility index (Phi) is 5.25. The number of nitrogens with one attached hydrogen (secondary N) is 1. The molecule has 9 heteroatoms. The molecule has 1 aromatic carbocycles. The Morgan fingerprint density at radius 1 is 1.00 bits per heavy atom. The van der Waals surface area contributed by atoms with Gasteiger partial charge in [-0.05, 0) is 29.8 Å². The molecule has 3 rings (SSSR count). The van der Waals surface area contributed by atoms with Crippen LogP contribution in [0.2, 0.25) is 10.3 Å². The second-order valence-electron chi connectivity index (χ2n) is 5.05. The molecule has 0 radical (unpaired) electrons. The second-order valence-corrected chi connectivity index (χ2v) is 5.83. The van der Waals surface area contributed by atoms with Gasteiger partial charge in [0.1, 0.15) is 16.1 Å². The van der Waals surface area contributed by atoms with E-state index in [1.807, 2.05) is 24.3 Å². The van der Waals surface area contributed by atoms with Crippen molar-refractivity contribution in [2.75, 3.05) is 19.5 Å². The summed E-state index contributed by atoms with van der Waals surface area (Å²) in [5.74, 6) is 1.28. The predicted octanol–water partition coefficient (Wildman–Crippen LogP) is 3.79. The van der Waals surface area contributed by atoms with E-state index in [0.29, 0.717) is 18.2 Å². The quantitative estimate of drug-likeness (QED) is 0.656. The van der Waals surface area contributed by atoms with E-state index in [1.165, 1.54) is 7.11 Å². The first kappa shape index (κ1) is 17.3. The van der Waals surface area contributed by atoms with E-state index in [2.05, 4.69) is 20.4 Å². The van der Waals surface area contributed by atoms with Gasteiger partial charge in [-0.3, -0.25) is 0 Å². The van der Waals surface area contributed by atoms with Crippen LogP contribution in [0.5, 0.6) is 11.8 Å². The Morgan fingerprint density at radius 2 is 1.68 bits per heavy atom. The van der Waals surface area contributed by atoms with E-state index in [4.69, 9.17) is 32.7 Å². The number of hydrogen-bond donors (Lipinski definition) is 1. The molecule has 0 spiro atoms. The minimum atomic E-state index is 0.252. The first-order valence-electron chi connectivity index (χ1n) is 7.29. The van der Waals surface area contributed by atoms with Crippen LogP contribution in [0.25, 0.3) is 0 Å². The van der Waals surface area contributed by atoms with Gasteiger partial charge in [0.2, 0.25) is 5.95 Å². The van der Waals surface area contributed by atoms with Crippen LogP contribution in [-0.2, 0) is 6.54 Å². The number of nitrogens with zero attached hydrogens (tertiary/aromatic N) is 4. The molecule has 0 fully saturated rings. The first-order chi connectivity index (χ1) is 12.1. The van der Waals surface area contributed by atoms with Crippen molar-refractivity contribution in [2.45, 2.75) is 6.54 Å². The largest absolute Gasteiger partial charge is 0.497 e. The lowest BCUT2D eigenvalue weighted by molar-refractivity contribution is 0.377. The van der Waals surface area contributed by atoms with Crippen LogP contribution in [0, 0.1) is 0 Å². The molecule has 0 aliphatic carbocycles. The number of pyridine rings is 1. The van der Waals surface area contributed by atoms with Crippen LogP contribution in [0.15, 0.2) is 36.4 Å². The average Bonchev–Trinajstić information content (AvgIpc) is 2.96. The molecule has 0 aliphatic heterocycles. The molecule has 7 nitrogen and oxygen atoms in total. The number of methoxy groups -OCH3 is 2. The Labute approximate surface area is 154 Å². The highest BCUT2D eigenvalue weighted by molar-refractivity contribution is 6.32. The van der Waals surface area contributed by atoms with E-state index in [0.717, 1.165) is 11.3 Å². The lowest BCUT2D eigenvalue weighted by atomic mass is 10.2. The summed E-state index contributed by atoms with van der Waals surface area (Å²) in [4.78, 5) is 8.22. The van der Waals surface area contributed by atoms with Crippen LogP contribution in [0.4, 0.5) is 11.6 Å². The molecule has 130 valence electrons. The van der Waals surface area contributed by atoms with Crippen molar-refractivity contribution in [1.82, 2.24) is 19.7 Å². The third-order valence-corrected chi connectivity index (χ3v) is 3.73. The van der Waals surface area contributed by atoms with E-state index in [9.17, 15) is 0 Å². The molecule has 0 amide bonds. The molecule has 0 bridgehead atoms. The molecule has 0 saturated carbocycles. The van der Waals surface area contributed by atoms with Gasteiger partial charge in [-0.25, -0.2) is 9.67 Å². The van der Waals surface area contributed by atoms with Crippen LogP contribution in [-0.4, -0.2) is 34.0 Å². The van der Waals surface area contributed by atoms with Gasteiger partial charge in [-0.15, -0.1) is 5.10 Å². The third kappa shape index (κ3) is 4.32. The molecule has 0 aliphatic rings. The van der Waals surface area contributed by atoms with Crippen molar-refractivity contribution < 1.29 is 9.47 Å². The molecular formula is C16H15Cl2N5O2. The molecule has 1 N–H and O–H groups in total. The molecule has 25 heavy (non-hydrogen) atoms. The van der Waals surface area contributed by atoms with Crippen molar-refractivity contribution in [3.63, 3.8) is 0 Å². The molecule has 2 aromatic heterocycles. The van der Waals surface area contributed by atoms with Crippen molar-refractivity contribution >= 4 is 34.8 Å². The van der Waals surface area contributed by atoms with Crippen LogP contribution in [0.1, 0.15) is 5.56 Å². The highest BCUT2D eigenvalue weighted by atomic mass is 35.5. The number of anilines is 2. The first-order valence-corrected chi connectivity index (χ1v) is 8.05. The summed E-state index contributed by atoms with van der Waals surface area (Å²) in [6, 6.07) is 11.2. The van der Waals surface area contributed by atoms with Gasteiger partial charge in [-0.2, -0.15) is 4.98 Å². The number of hydrogen-bond acceptors (Lipinski definition) is 6. The molecule has 2 heterocycles. The van der Waals surface area contributed by atoms with Gasteiger partial charge in [0.25, 0.3) is 0 Å². The van der Waals surface area contributed by atoms with Crippen LogP contribution in [0.3, 0.4) is 0 Å². The number of halogens is 2.